The molecule has 0 amide bonds. The van der Waals surface area contributed by atoms with Gasteiger partial charge in [0.15, 0.2) is 0 Å². The molecule has 0 radical (unpaired) electrons. The molecule has 20 heavy (non-hydrogen) atoms. The van der Waals surface area contributed by atoms with Gasteiger partial charge in [-0.05, 0) is 49.9 Å². The first-order valence-corrected chi connectivity index (χ1v) is 10.2. The molecule has 0 heterocycles. The Kier molecular flexibility index (Phi) is 5.91. The van der Waals surface area contributed by atoms with Crippen molar-refractivity contribution in [2.75, 3.05) is 11.5 Å². The second-order valence-electron chi connectivity index (χ2n) is 6.82. The number of fused-ring (bicyclic) bond motifs is 1. The summed E-state index contributed by atoms with van der Waals surface area (Å²) in [6.45, 7) is 1.69. The molecule has 0 aromatic heterocycles. The first kappa shape index (κ1) is 16.3. The van der Waals surface area contributed by atoms with Crippen molar-refractivity contribution in [3.63, 3.8) is 0 Å². The van der Waals surface area contributed by atoms with E-state index >= 15 is 0 Å². The van der Waals surface area contributed by atoms with Crippen LogP contribution < -0.4 is 0 Å². The lowest BCUT2D eigenvalue weighted by molar-refractivity contribution is 0.0309. The fourth-order valence-electron chi connectivity index (χ4n) is 4.15. The van der Waals surface area contributed by atoms with Crippen LogP contribution in [-0.4, -0.2) is 31.1 Å². The zero-order chi connectivity index (χ0) is 14.6. The van der Waals surface area contributed by atoms with Crippen LogP contribution in [0.4, 0.5) is 0 Å². The lowest BCUT2D eigenvalue weighted by Gasteiger charge is -2.40. The molecule has 3 nitrogen and oxygen atoms in total. The molecular formula is C16H30O3S. The van der Waals surface area contributed by atoms with E-state index < -0.39 is 9.84 Å². The predicted octanol–water partition coefficient (Wildman–Crippen LogP) is 3.17. The first-order chi connectivity index (χ1) is 9.52. The zero-order valence-corrected chi connectivity index (χ0v) is 13.6. The van der Waals surface area contributed by atoms with Crippen molar-refractivity contribution in [2.24, 2.45) is 17.8 Å². The van der Waals surface area contributed by atoms with Crippen molar-refractivity contribution in [1.82, 2.24) is 0 Å². The summed E-state index contributed by atoms with van der Waals surface area (Å²) < 4.78 is 22.9. The third-order valence-corrected chi connectivity index (χ3v) is 7.31. The number of rotatable bonds is 6. The van der Waals surface area contributed by atoms with Gasteiger partial charge < -0.3 is 5.11 Å². The van der Waals surface area contributed by atoms with Gasteiger partial charge in [-0.25, -0.2) is 8.42 Å². The van der Waals surface area contributed by atoms with Crippen LogP contribution in [0.1, 0.15) is 64.7 Å². The Hall–Kier alpha value is -0.0900. The van der Waals surface area contributed by atoms with Gasteiger partial charge in [0.1, 0.15) is 9.84 Å². The fraction of sp³-hybridized carbons (Fsp3) is 1.00. The molecule has 118 valence electrons. The third-order valence-electron chi connectivity index (χ3n) is 5.52. The maximum absolute atomic E-state index is 11.5. The van der Waals surface area contributed by atoms with Crippen LogP contribution in [0.2, 0.25) is 0 Å². The van der Waals surface area contributed by atoms with E-state index in [-0.39, 0.29) is 17.6 Å². The van der Waals surface area contributed by atoms with Gasteiger partial charge in [-0.15, -0.1) is 0 Å². The quantitative estimate of drug-likeness (QED) is 0.820. The Morgan fingerprint density at radius 1 is 1.10 bits per heavy atom. The molecule has 0 spiro atoms. The van der Waals surface area contributed by atoms with Gasteiger partial charge in [0.2, 0.25) is 0 Å². The Morgan fingerprint density at radius 2 is 1.80 bits per heavy atom. The molecule has 2 aliphatic rings. The molecule has 2 fully saturated rings. The minimum atomic E-state index is -2.88. The molecule has 0 aliphatic heterocycles. The Morgan fingerprint density at radius 3 is 2.50 bits per heavy atom. The highest BCUT2D eigenvalue weighted by Gasteiger charge is 2.34. The minimum Gasteiger partial charge on any atom is -0.393 e. The molecule has 1 N–H and O–H groups in total. The van der Waals surface area contributed by atoms with Gasteiger partial charge in [0.05, 0.1) is 11.9 Å². The van der Waals surface area contributed by atoms with E-state index in [1.165, 1.54) is 38.5 Å². The van der Waals surface area contributed by atoms with E-state index in [1.807, 2.05) is 0 Å². The van der Waals surface area contributed by atoms with Crippen molar-refractivity contribution >= 4 is 9.84 Å². The monoisotopic (exact) mass is 302 g/mol. The molecule has 4 atom stereocenters. The number of sulfone groups is 1. The van der Waals surface area contributed by atoms with Crippen LogP contribution in [0, 0.1) is 17.8 Å². The van der Waals surface area contributed by atoms with Gasteiger partial charge in [-0.3, -0.25) is 0 Å². The van der Waals surface area contributed by atoms with E-state index in [2.05, 4.69) is 0 Å². The van der Waals surface area contributed by atoms with Crippen LogP contribution in [0.5, 0.6) is 0 Å². The van der Waals surface area contributed by atoms with Crippen molar-refractivity contribution in [2.45, 2.75) is 70.8 Å². The summed E-state index contributed by atoms with van der Waals surface area (Å²) in [5.41, 5.74) is 0. The Balaban J connectivity index is 1.74. The highest BCUT2D eigenvalue weighted by Crippen LogP contribution is 2.43. The second kappa shape index (κ2) is 7.26. The summed E-state index contributed by atoms with van der Waals surface area (Å²) >= 11 is 0. The average molecular weight is 302 g/mol. The first-order valence-electron chi connectivity index (χ1n) is 8.40. The molecule has 0 aromatic rings. The topological polar surface area (TPSA) is 54.4 Å². The number of aliphatic hydroxyl groups excluding tert-OH is 1. The van der Waals surface area contributed by atoms with Gasteiger partial charge in [0, 0.05) is 5.75 Å². The molecule has 2 saturated carbocycles. The molecular weight excluding hydrogens is 272 g/mol. The minimum absolute atomic E-state index is 0.219. The molecule has 2 rings (SSSR count). The van der Waals surface area contributed by atoms with E-state index in [9.17, 15) is 13.5 Å². The van der Waals surface area contributed by atoms with E-state index in [4.69, 9.17) is 0 Å². The van der Waals surface area contributed by atoms with Crippen molar-refractivity contribution in [3.8, 4) is 0 Å². The SMILES string of the molecule is CCS(=O)(=O)CCCC(O)C1CCC2CCCCC2C1. The maximum Gasteiger partial charge on any atom is 0.150 e. The van der Waals surface area contributed by atoms with Crippen LogP contribution in [0.3, 0.4) is 0 Å². The Bertz CT molecular complexity index is 391. The lowest BCUT2D eigenvalue weighted by Crippen LogP contribution is -2.33. The van der Waals surface area contributed by atoms with Crippen LogP contribution in [-0.2, 0) is 9.84 Å². The van der Waals surface area contributed by atoms with Crippen molar-refractivity contribution < 1.29 is 13.5 Å². The smallest absolute Gasteiger partial charge is 0.150 e. The van der Waals surface area contributed by atoms with Crippen molar-refractivity contribution in [3.05, 3.63) is 0 Å². The standard InChI is InChI=1S/C16H30O3S/c1-2-20(18,19)11-5-8-16(17)15-10-9-13-6-3-4-7-14(13)12-15/h13-17H,2-12H2,1H3. The molecule has 2 aliphatic carbocycles. The highest BCUT2D eigenvalue weighted by molar-refractivity contribution is 7.91. The number of hydrogen-bond acceptors (Lipinski definition) is 3. The Labute approximate surface area is 124 Å². The van der Waals surface area contributed by atoms with E-state index in [0.717, 1.165) is 18.3 Å². The van der Waals surface area contributed by atoms with Crippen LogP contribution in [0.15, 0.2) is 0 Å². The predicted molar refractivity (Wildman–Crippen MR) is 82.4 cm³/mol. The molecule has 4 unspecified atom stereocenters. The molecule has 4 heteroatoms. The van der Waals surface area contributed by atoms with Gasteiger partial charge in [-0.2, -0.15) is 0 Å². The molecule has 0 saturated heterocycles. The summed E-state index contributed by atoms with van der Waals surface area (Å²) in [6, 6.07) is 0. The summed E-state index contributed by atoms with van der Waals surface area (Å²) in [6.07, 6.45) is 10.1. The third kappa shape index (κ3) is 4.45. The highest BCUT2D eigenvalue weighted by atomic mass is 32.2. The van der Waals surface area contributed by atoms with Crippen LogP contribution in [0.25, 0.3) is 0 Å². The average Bonchev–Trinajstić information content (AvgIpc) is 2.46. The van der Waals surface area contributed by atoms with Gasteiger partial charge in [0.25, 0.3) is 0 Å². The van der Waals surface area contributed by atoms with E-state index in [1.54, 1.807) is 6.92 Å². The maximum atomic E-state index is 11.5. The number of hydrogen-bond donors (Lipinski definition) is 1. The number of aliphatic hydroxyl groups is 1. The summed E-state index contributed by atoms with van der Waals surface area (Å²) in [5.74, 6) is 2.61. The largest absolute Gasteiger partial charge is 0.393 e. The molecule has 0 aromatic carbocycles. The summed E-state index contributed by atoms with van der Waals surface area (Å²) in [5, 5.41) is 10.3. The van der Waals surface area contributed by atoms with Gasteiger partial charge in [-0.1, -0.05) is 32.6 Å². The molecule has 0 bridgehead atoms. The van der Waals surface area contributed by atoms with Crippen LogP contribution >= 0.6 is 0 Å². The lowest BCUT2D eigenvalue weighted by atomic mass is 9.66. The van der Waals surface area contributed by atoms with E-state index in [0.29, 0.717) is 18.8 Å². The zero-order valence-electron chi connectivity index (χ0n) is 12.8. The summed E-state index contributed by atoms with van der Waals surface area (Å²) in [4.78, 5) is 0. The fourth-order valence-corrected chi connectivity index (χ4v) is 5.05. The summed E-state index contributed by atoms with van der Waals surface area (Å²) in [7, 11) is -2.88. The van der Waals surface area contributed by atoms with Gasteiger partial charge >= 0.3 is 0 Å². The second-order valence-corrected chi connectivity index (χ2v) is 9.30. The van der Waals surface area contributed by atoms with Crippen molar-refractivity contribution in [1.29, 1.82) is 0 Å². The normalized spacial score (nSPS) is 32.6.